The zero-order valence-electron chi connectivity index (χ0n) is 15.9. The van der Waals surface area contributed by atoms with Gasteiger partial charge in [-0.25, -0.2) is 4.98 Å². The third-order valence-electron chi connectivity index (χ3n) is 6.13. The maximum absolute atomic E-state index is 13.1. The Morgan fingerprint density at radius 1 is 1.18 bits per heavy atom. The van der Waals surface area contributed by atoms with Gasteiger partial charge in [-0.1, -0.05) is 12.1 Å². The Bertz CT molecular complexity index is 1120. The van der Waals surface area contributed by atoms with Crippen molar-refractivity contribution in [3.05, 3.63) is 58.4 Å². The van der Waals surface area contributed by atoms with Crippen molar-refractivity contribution in [3.8, 4) is 0 Å². The van der Waals surface area contributed by atoms with Gasteiger partial charge in [-0.3, -0.25) is 18.8 Å². The predicted molar refractivity (Wildman–Crippen MR) is 105 cm³/mol. The van der Waals surface area contributed by atoms with Crippen LogP contribution >= 0.6 is 0 Å². The summed E-state index contributed by atoms with van der Waals surface area (Å²) in [6, 6.07) is 9.62. The predicted octanol–water partition coefficient (Wildman–Crippen LogP) is 1.91. The van der Waals surface area contributed by atoms with Crippen LogP contribution in [0.5, 0.6) is 0 Å². The first kappa shape index (κ1) is 17.2. The van der Waals surface area contributed by atoms with Gasteiger partial charge in [0, 0.05) is 43.9 Å². The van der Waals surface area contributed by atoms with Gasteiger partial charge in [0.25, 0.3) is 5.56 Å². The van der Waals surface area contributed by atoms with Crippen molar-refractivity contribution < 1.29 is 4.79 Å². The number of amides is 1. The van der Waals surface area contributed by atoms with Gasteiger partial charge in [-0.2, -0.15) is 5.10 Å². The number of hydrogen-bond acceptors (Lipinski definition) is 4. The molecule has 2 aliphatic heterocycles. The summed E-state index contributed by atoms with van der Waals surface area (Å²) in [4.78, 5) is 32.9. The average molecular weight is 377 g/mol. The van der Waals surface area contributed by atoms with Crippen molar-refractivity contribution in [1.82, 2.24) is 24.2 Å². The van der Waals surface area contributed by atoms with Crippen molar-refractivity contribution in [2.24, 2.45) is 0 Å². The quantitative estimate of drug-likeness (QED) is 0.699. The van der Waals surface area contributed by atoms with E-state index in [1.807, 2.05) is 46.8 Å². The molecular weight excluding hydrogens is 354 g/mol. The van der Waals surface area contributed by atoms with Crippen LogP contribution < -0.4 is 5.56 Å². The number of aryl methyl sites for hydroxylation is 2. The second-order valence-corrected chi connectivity index (χ2v) is 7.80. The number of carbonyl (C=O) groups excluding carboxylic acids is 1. The van der Waals surface area contributed by atoms with E-state index in [4.69, 9.17) is 4.98 Å². The molecule has 0 radical (unpaired) electrons. The number of para-hydroxylation sites is 1. The van der Waals surface area contributed by atoms with Gasteiger partial charge in [0.15, 0.2) is 0 Å². The summed E-state index contributed by atoms with van der Waals surface area (Å²) >= 11 is 0. The van der Waals surface area contributed by atoms with Crippen LogP contribution in [0.25, 0.3) is 10.9 Å². The van der Waals surface area contributed by atoms with Crippen LogP contribution in [-0.4, -0.2) is 42.2 Å². The molecule has 28 heavy (non-hydrogen) atoms. The molecule has 0 spiro atoms. The van der Waals surface area contributed by atoms with Gasteiger partial charge < -0.3 is 4.90 Å². The molecule has 2 aliphatic rings. The Balaban J connectivity index is 1.43. The molecule has 7 nitrogen and oxygen atoms in total. The summed E-state index contributed by atoms with van der Waals surface area (Å²) in [7, 11) is 0. The lowest BCUT2D eigenvalue weighted by molar-refractivity contribution is -0.134. The lowest BCUT2D eigenvalue weighted by Crippen LogP contribution is -2.42. The van der Waals surface area contributed by atoms with Crippen molar-refractivity contribution in [2.75, 3.05) is 0 Å². The van der Waals surface area contributed by atoms with E-state index in [1.54, 1.807) is 10.8 Å². The third kappa shape index (κ3) is 2.73. The van der Waals surface area contributed by atoms with Gasteiger partial charge >= 0.3 is 0 Å². The molecular formula is C21H23N5O2. The highest BCUT2D eigenvalue weighted by atomic mass is 16.2. The monoisotopic (exact) mass is 377 g/mol. The zero-order chi connectivity index (χ0) is 19.3. The van der Waals surface area contributed by atoms with E-state index in [0.717, 1.165) is 29.9 Å². The molecule has 3 aromatic rings. The van der Waals surface area contributed by atoms with Crippen LogP contribution in [0.3, 0.4) is 0 Å². The number of aromatic nitrogens is 4. The molecule has 1 aromatic carbocycles. The largest absolute Gasteiger partial charge is 0.334 e. The fourth-order valence-electron chi connectivity index (χ4n) is 4.69. The summed E-state index contributed by atoms with van der Waals surface area (Å²) in [5.41, 5.74) is 1.80. The van der Waals surface area contributed by atoms with Gasteiger partial charge in [-0.05, 0) is 38.0 Å². The SMILES string of the molecule is Cc1ccnn1CCC(=O)N1[C@@H]2CC[C@H]1Cc1nc3ccccc3c(=O)n1C2. The van der Waals surface area contributed by atoms with Gasteiger partial charge in [-0.15, -0.1) is 0 Å². The summed E-state index contributed by atoms with van der Waals surface area (Å²) in [6.45, 7) is 3.12. The first-order valence-electron chi connectivity index (χ1n) is 9.90. The maximum Gasteiger partial charge on any atom is 0.261 e. The number of carbonyl (C=O) groups is 1. The minimum Gasteiger partial charge on any atom is -0.334 e. The van der Waals surface area contributed by atoms with Crippen LogP contribution in [0.15, 0.2) is 41.3 Å². The number of hydrogen-bond donors (Lipinski definition) is 0. The van der Waals surface area contributed by atoms with Crippen LogP contribution in [0.1, 0.15) is 30.8 Å². The lowest BCUT2D eigenvalue weighted by Gasteiger charge is -2.28. The minimum absolute atomic E-state index is 0.00714. The molecule has 0 unspecified atom stereocenters. The van der Waals surface area contributed by atoms with E-state index in [9.17, 15) is 9.59 Å². The van der Waals surface area contributed by atoms with E-state index in [0.29, 0.717) is 31.3 Å². The van der Waals surface area contributed by atoms with Crippen LogP contribution in [0, 0.1) is 6.92 Å². The second-order valence-electron chi connectivity index (χ2n) is 7.80. The highest BCUT2D eigenvalue weighted by Crippen LogP contribution is 2.31. The van der Waals surface area contributed by atoms with Crippen molar-refractivity contribution in [1.29, 1.82) is 0 Å². The highest BCUT2D eigenvalue weighted by molar-refractivity contribution is 5.78. The Morgan fingerprint density at radius 2 is 2.00 bits per heavy atom. The van der Waals surface area contributed by atoms with Crippen molar-refractivity contribution >= 4 is 16.8 Å². The van der Waals surface area contributed by atoms with Crippen molar-refractivity contribution in [3.63, 3.8) is 0 Å². The van der Waals surface area contributed by atoms with Crippen LogP contribution in [0.2, 0.25) is 0 Å². The number of fused-ring (bicyclic) bond motifs is 4. The standard InChI is InChI=1S/C21H23N5O2/c1-14-8-10-22-25(14)11-9-20(27)26-15-6-7-16(26)13-24-19(12-15)23-18-5-3-2-4-17(18)21(24)28/h2-5,8,10,15-16H,6-7,9,11-13H2,1H3/t15-,16+/m0/s1. The molecule has 144 valence electrons. The lowest BCUT2D eigenvalue weighted by atomic mass is 10.1. The molecule has 2 aromatic heterocycles. The zero-order valence-corrected chi connectivity index (χ0v) is 15.9. The maximum atomic E-state index is 13.1. The second kappa shape index (κ2) is 6.58. The highest BCUT2D eigenvalue weighted by Gasteiger charge is 2.40. The fraction of sp³-hybridized carbons (Fsp3) is 0.429. The molecule has 0 aliphatic carbocycles. The smallest absolute Gasteiger partial charge is 0.261 e. The van der Waals surface area contributed by atoms with Crippen LogP contribution in [-0.2, 0) is 24.3 Å². The van der Waals surface area contributed by atoms with Gasteiger partial charge in [0.2, 0.25) is 5.91 Å². The molecule has 2 atom stereocenters. The molecule has 7 heteroatoms. The summed E-state index contributed by atoms with van der Waals surface area (Å²) in [5.74, 6) is 0.949. The Hall–Kier alpha value is -2.96. The molecule has 4 heterocycles. The Labute approximate surface area is 162 Å². The Kier molecular flexibility index (Phi) is 4.03. The molecule has 1 amide bonds. The van der Waals surface area contributed by atoms with E-state index in [1.165, 1.54) is 0 Å². The van der Waals surface area contributed by atoms with E-state index in [2.05, 4.69) is 5.10 Å². The van der Waals surface area contributed by atoms with Gasteiger partial charge in [0.1, 0.15) is 5.82 Å². The summed E-state index contributed by atoms with van der Waals surface area (Å²) in [6.07, 6.45) is 4.74. The van der Waals surface area contributed by atoms with E-state index >= 15 is 0 Å². The number of rotatable bonds is 3. The normalized spacial score (nSPS) is 21.0. The molecule has 0 saturated carbocycles. The first-order valence-corrected chi connectivity index (χ1v) is 9.90. The molecule has 0 N–H and O–H groups in total. The fourth-order valence-corrected chi connectivity index (χ4v) is 4.69. The summed E-state index contributed by atoms with van der Waals surface area (Å²) < 4.78 is 3.66. The molecule has 1 fully saturated rings. The molecule has 1 saturated heterocycles. The molecule has 5 rings (SSSR count). The van der Waals surface area contributed by atoms with Crippen molar-refractivity contribution in [2.45, 2.75) is 57.8 Å². The summed E-state index contributed by atoms with van der Waals surface area (Å²) in [5, 5.41) is 4.92. The van der Waals surface area contributed by atoms with Gasteiger partial charge in [0.05, 0.1) is 16.9 Å². The minimum atomic E-state index is 0.00714. The Morgan fingerprint density at radius 3 is 2.82 bits per heavy atom. The van der Waals surface area contributed by atoms with E-state index in [-0.39, 0.29) is 23.6 Å². The average Bonchev–Trinajstić information content (AvgIpc) is 3.23. The first-order chi connectivity index (χ1) is 13.6. The third-order valence-corrected chi connectivity index (χ3v) is 6.13. The van der Waals surface area contributed by atoms with E-state index < -0.39 is 0 Å². The van der Waals surface area contributed by atoms with Crippen LogP contribution in [0.4, 0.5) is 0 Å². The number of benzene rings is 1. The molecule has 2 bridgehead atoms. The topological polar surface area (TPSA) is 73.0 Å². The number of nitrogens with zero attached hydrogens (tertiary/aromatic N) is 5.